The van der Waals surface area contributed by atoms with Crippen molar-refractivity contribution >= 4 is 35.6 Å². The quantitative estimate of drug-likeness (QED) is 0.393. The van der Waals surface area contributed by atoms with E-state index < -0.39 is 42.9 Å². The molecule has 0 unspecified atom stereocenters. The molecule has 6 N–H and O–H groups in total. The number of thioether (sulfide) groups is 1. The monoisotopic (exact) mass is 306 g/mol. The first-order valence-corrected chi connectivity index (χ1v) is 7.01. The van der Waals surface area contributed by atoms with Crippen molar-refractivity contribution in [3.8, 4) is 0 Å². The molecule has 4 amide bonds. The summed E-state index contributed by atoms with van der Waals surface area (Å²) in [5, 5.41) is 11.2. The van der Waals surface area contributed by atoms with Crippen LogP contribution < -0.4 is 16.8 Å². The van der Waals surface area contributed by atoms with E-state index in [1.807, 2.05) is 0 Å². The standard InChI is InChI=1S/C10H18N4O5S/c1-20-3-2-6(9(17)18)13-10(19)14(4-7(11)15)5-8(12)16/h6H,2-5H2,1H3,(H2,11,15)(H2,12,16)(H,13,19)(H,17,18)/t6-/m1/s1. The number of carboxylic acids is 1. The molecule has 0 saturated carbocycles. The van der Waals surface area contributed by atoms with Crippen LogP contribution in [0.15, 0.2) is 0 Å². The minimum Gasteiger partial charge on any atom is -0.480 e. The lowest BCUT2D eigenvalue weighted by Gasteiger charge is -2.22. The Morgan fingerprint density at radius 1 is 1.20 bits per heavy atom. The van der Waals surface area contributed by atoms with Crippen LogP contribution >= 0.6 is 11.8 Å². The van der Waals surface area contributed by atoms with E-state index in [1.165, 1.54) is 11.8 Å². The van der Waals surface area contributed by atoms with E-state index in [4.69, 9.17) is 16.6 Å². The molecule has 20 heavy (non-hydrogen) atoms. The molecule has 0 aliphatic heterocycles. The van der Waals surface area contributed by atoms with Crippen molar-refractivity contribution in [2.75, 3.05) is 25.1 Å². The summed E-state index contributed by atoms with van der Waals surface area (Å²) in [5.74, 6) is -2.34. The Bertz CT molecular complexity index is 374. The fourth-order valence-electron chi connectivity index (χ4n) is 1.31. The van der Waals surface area contributed by atoms with Crippen molar-refractivity contribution in [2.45, 2.75) is 12.5 Å². The number of aliphatic carboxylic acids is 1. The molecule has 0 saturated heterocycles. The second-order valence-corrected chi connectivity index (χ2v) is 4.90. The minimum atomic E-state index is -1.20. The molecule has 9 nitrogen and oxygen atoms in total. The third-order valence-electron chi connectivity index (χ3n) is 2.19. The number of hydrogen-bond acceptors (Lipinski definition) is 5. The van der Waals surface area contributed by atoms with Crippen LogP contribution in [0.25, 0.3) is 0 Å². The van der Waals surface area contributed by atoms with Gasteiger partial charge in [-0.2, -0.15) is 11.8 Å². The van der Waals surface area contributed by atoms with Gasteiger partial charge in [0.25, 0.3) is 0 Å². The lowest BCUT2D eigenvalue weighted by Crippen LogP contribution is -2.52. The minimum absolute atomic E-state index is 0.212. The summed E-state index contributed by atoms with van der Waals surface area (Å²) in [6.07, 6.45) is 2.01. The van der Waals surface area contributed by atoms with Crippen LogP contribution in [0.3, 0.4) is 0 Å². The molecule has 114 valence electrons. The fraction of sp³-hybridized carbons (Fsp3) is 0.600. The van der Waals surface area contributed by atoms with Crippen molar-refractivity contribution in [3.63, 3.8) is 0 Å². The Hall–Kier alpha value is -1.97. The number of nitrogens with two attached hydrogens (primary N) is 2. The predicted molar refractivity (Wildman–Crippen MR) is 72.9 cm³/mol. The second kappa shape index (κ2) is 9.02. The lowest BCUT2D eigenvalue weighted by molar-refractivity contribution is -0.139. The largest absolute Gasteiger partial charge is 0.480 e. The van der Waals surface area contributed by atoms with Gasteiger partial charge in [-0.1, -0.05) is 0 Å². The van der Waals surface area contributed by atoms with Crippen LogP contribution in [0.2, 0.25) is 0 Å². The average Bonchev–Trinajstić information content (AvgIpc) is 2.31. The van der Waals surface area contributed by atoms with Crippen molar-refractivity contribution in [1.82, 2.24) is 10.2 Å². The number of amides is 4. The molecule has 0 fully saturated rings. The summed E-state index contributed by atoms with van der Waals surface area (Å²) in [6, 6.07) is -1.99. The van der Waals surface area contributed by atoms with Gasteiger partial charge in [0, 0.05) is 0 Å². The molecule has 0 aromatic carbocycles. The topological polar surface area (TPSA) is 156 Å². The van der Waals surface area contributed by atoms with E-state index in [0.717, 1.165) is 4.90 Å². The first-order valence-electron chi connectivity index (χ1n) is 5.61. The third-order valence-corrected chi connectivity index (χ3v) is 2.83. The van der Waals surface area contributed by atoms with Crippen LogP contribution in [-0.4, -0.2) is 65.0 Å². The average molecular weight is 306 g/mol. The summed E-state index contributed by atoms with van der Waals surface area (Å²) in [7, 11) is 0. The molecule has 10 heteroatoms. The molecule has 0 spiro atoms. The maximum atomic E-state index is 11.8. The van der Waals surface area contributed by atoms with E-state index in [2.05, 4.69) is 5.32 Å². The van der Waals surface area contributed by atoms with E-state index in [-0.39, 0.29) is 6.42 Å². The normalized spacial score (nSPS) is 11.4. The lowest BCUT2D eigenvalue weighted by atomic mass is 10.2. The van der Waals surface area contributed by atoms with Crippen molar-refractivity contribution < 1.29 is 24.3 Å². The molecule has 0 rings (SSSR count). The molecule has 0 aromatic rings. The highest BCUT2D eigenvalue weighted by Gasteiger charge is 2.24. The fourth-order valence-corrected chi connectivity index (χ4v) is 1.78. The highest BCUT2D eigenvalue weighted by molar-refractivity contribution is 7.98. The van der Waals surface area contributed by atoms with Crippen molar-refractivity contribution in [3.05, 3.63) is 0 Å². The Kier molecular flexibility index (Phi) is 8.13. The first kappa shape index (κ1) is 18.0. The van der Waals surface area contributed by atoms with Gasteiger partial charge in [0.2, 0.25) is 11.8 Å². The smallest absolute Gasteiger partial charge is 0.326 e. The number of carboxylic acid groups (broad SMARTS) is 1. The SMILES string of the molecule is CSCC[C@@H](NC(=O)N(CC(N)=O)CC(N)=O)C(=O)O. The Balaban J connectivity index is 4.72. The Labute approximate surface area is 120 Å². The van der Waals surface area contributed by atoms with Gasteiger partial charge < -0.3 is 26.8 Å². The number of hydrogen-bond donors (Lipinski definition) is 4. The summed E-state index contributed by atoms with van der Waals surface area (Å²) >= 11 is 1.43. The van der Waals surface area contributed by atoms with E-state index in [9.17, 15) is 19.2 Å². The maximum absolute atomic E-state index is 11.8. The maximum Gasteiger partial charge on any atom is 0.326 e. The van der Waals surface area contributed by atoms with Crippen LogP contribution in [0, 0.1) is 0 Å². The Morgan fingerprint density at radius 3 is 2.05 bits per heavy atom. The highest BCUT2D eigenvalue weighted by Crippen LogP contribution is 2.02. The zero-order chi connectivity index (χ0) is 15.7. The van der Waals surface area contributed by atoms with Crippen LogP contribution in [0.4, 0.5) is 4.79 Å². The van der Waals surface area contributed by atoms with Crippen LogP contribution in [-0.2, 0) is 14.4 Å². The van der Waals surface area contributed by atoms with E-state index in [1.54, 1.807) is 6.26 Å². The van der Waals surface area contributed by atoms with Gasteiger partial charge in [-0.25, -0.2) is 9.59 Å². The summed E-state index contributed by atoms with van der Waals surface area (Å²) in [4.78, 5) is 45.2. The number of carbonyl (C=O) groups excluding carboxylic acids is 3. The van der Waals surface area contributed by atoms with Gasteiger partial charge in [0.1, 0.15) is 19.1 Å². The summed E-state index contributed by atoms with van der Waals surface area (Å²) in [5.41, 5.74) is 9.89. The zero-order valence-corrected chi connectivity index (χ0v) is 11.8. The van der Waals surface area contributed by atoms with Crippen molar-refractivity contribution in [1.29, 1.82) is 0 Å². The number of primary amides is 2. The molecule has 0 aromatic heterocycles. The number of rotatable bonds is 9. The number of nitrogens with zero attached hydrogens (tertiary/aromatic N) is 1. The van der Waals surface area contributed by atoms with Gasteiger partial charge in [-0.05, 0) is 18.4 Å². The summed E-state index contributed by atoms with van der Waals surface area (Å²) in [6.45, 7) is -1.05. The van der Waals surface area contributed by atoms with Gasteiger partial charge in [-0.3, -0.25) is 9.59 Å². The summed E-state index contributed by atoms with van der Waals surface area (Å²) < 4.78 is 0. The zero-order valence-electron chi connectivity index (χ0n) is 11.0. The highest BCUT2D eigenvalue weighted by atomic mass is 32.2. The van der Waals surface area contributed by atoms with E-state index in [0.29, 0.717) is 5.75 Å². The van der Waals surface area contributed by atoms with Gasteiger partial charge in [0.05, 0.1) is 0 Å². The third kappa shape index (κ3) is 7.46. The predicted octanol–water partition coefficient (Wildman–Crippen LogP) is -1.83. The van der Waals surface area contributed by atoms with Crippen LogP contribution in [0.1, 0.15) is 6.42 Å². The Morgan fingerprint density at radius 2 is 1.70 bits per heavy atom. The molecule has 0 heterocycles. The number of nitrogens with one attached hydrogen (secondary N) is 1. The molecule has 0 bridgehead atoms. The van der Waals surface area contributed by atoms with Crippen molar-refractivity contribution in [2.24, 2.45) is 11.5 Å². The van der Waals surface area contributed by atoms with Gasteiger partial charge in [0.15, 0.2) is 0 Å². The van der Waals surface area contributed by atoms with E-state index >= 15 is 0 Å². The molecule has 0 aliphatic rings. The number of carbonyl (C=O) groups is 4. The van der Waals surface area contributed by atoms with Gasteiger partial charge >= 0.3 is 12.0 Å². The first-order chi connectivity index (χ1) is 9.27. The number of urea groups is 1. The second-order valence-electron chi connectivity index (χ2n) is 3.91. The molecule has 1 atom stereocenters. The molecular formula is C10H18N4O5S. The van der Waals surface area contributed by atoms with Crippen LogP contribution in [0.5, 0.6) is 0 Å². The molecular weight excluding hydrogens is 288 g/mol. The molecule has 0 radical (unpaired) electrons. The van der Waals surface area contributed by atoms with Gasteiger partial charge in [-0.15, -0.1) is 0 Å². The molecule has 0 aliphatic carbocycles.